The van der Waals surface area contributed by atoms with Gasteiger partial charge in [0, 0.05) is 4.88 Å². The first-order valence-electron chi connectivity index (χ1n) is 9.86. The molecule has 156 valence electrons. The minimum absolute atomic E-state index is 0.185. The molecule has 30 heavy (non-hydrogen) atoms. The summed E-state index contributed by atoms with van der Waals surface area (Å²) in [5.41, 5.74) is 2.68. The van der Waals surface area contributed by atoms with Crippen LogP contribution in [0.15, 0.2) is 29.3 Å². The first kappa shape index (κ1) is 20.3. The number of hydrogen-bond donors (Lipinski definition) is 1. The Morgan fingerprint density at radius 3 is 2.93 bits per heavy atom. The molecule has 7 nitrogen and oxygen atoms in total. The van der Waals surface area contributed by atoms with Gasteiger partial charge in [0.25, 0.3) is 5.56 Å². The Morgan fingerprint density at radius 1 is 1.37 bits per heavy atom. The van der Waals surface area contributed by atoms with Crippen molar-refractivity contribution < 1.29 is 14.3 Å². The molecular weight excluding hydrogens is 402 g/mol. The topological polar surface area (TPSA) is 90.3 Å². The molecule has 1 aliphatic carbocycles. The molecule has 3 aromatic rings. The van der Waals surface area contributed by atoms with E-state index in [1.165, 1.54) is 29.3 Å². The number of amides is 1. The van der Waals surface area contributed by atoms with E-state index < -0.39 is 5.97 Å². The van der Waals surface area contributed by atoms with Crippen molar-refractivity contribution >= 4 is 39.1 Å². The number of benzene rings is 1. The Bertz CT molecular complexity index is 1210. The number of para-hydroxylation sites is 1. The largest absolute Gasteiger partial charge is 0.465 e. The molecule has 1 amide bonds. The van der Waals surface area contributed by atoms with Crippen molar-refractivity contribution in [3.05, 3.63) is 56.4 Å². The van der Waals surface area contributed by atoms with E-state index in [-0.39, 0.29) is 18.0 Å². The maximum Gasteiger partial charge on any atom is 0.341 e. The van der Waals surface area contributed by atoms with E-state index >= 15 is 0 Å². The third kappa shape index (κ3) is 3.63. The van der Waals surface area contributed by atoms with Crippen LogP contribution in [0.4, 0.5) is 5.00 Å². The van der Waals surface area contributed by atoms with Crippen molar-refractivity contribution in [2.24, 2.45) is 5.92 Å². The van der Waals surface area contributed by atoms with Gasteiger partial charge in [0.1, 0.15) is 11.5 Å². The van der Waals surface area contributed by atoms with Crippen LogP contribution in [0, 0.1) is 12.8 Å². The molecule has 8 heteroatoms. The van der Waals surface area contributed by atoms with E-state index in [1.54, 1.807) is 12.1 Å². The number of carbonyl (C=O) groups is 2. The van der Waals surface area contributed by atoms with Gasteiger partial charge in [-0.2, -0.15) is 0 Å². The van der Waals surface area contributed by atoms with Gasteiger partial charge in [-0.3, -0.25) is 14.2 Å². The number of carbonyl (C=O) groups excluding carboxylic acids is 2. The van der Waals surface area contributed by atoms with Crippen LogP contribution in [0.25, 0.3) is 10.9 Å². The number of nitrogens with zero attached hydrogens (tertiary/aromatic N) is 2. The van der Waals surface area contributed by atoms with Crippen LogP contribution in [-0.4, -0.2) is 28.5 Å². The highest BCUT2D eigenvalue weighted by atomic mass is 32.1. The van der Waals surface area contributed by atoms with Gasteiger partial charge in [0.2, 0.25) is 5.91 Å². The highest BCUT2D eigenvalue weighted by Crippen LogP contribution is 2.40. The Hall–Kier alpha value is -3.00. The Kier molecular flexibility index (Phi) is 5.42. The van der Waals surface area contributed by atoms with Gasteiger partial charge < -0.3 is 10.1 Å². The fraction of sp³-hybridized carbons (Fsp3) is 0.364. The number of methoxy groups -OCH3 is 1. The van der Waals surface area contributed by atoms with Gasteiger partial charge >= 0.3 is 5.97 Å². The quantitative estimate of drug-likeness (QED) is 0.648. The van der Waals surface area contributed by atoms with E-state index in [9.17, 15) is 14.4 Å². The van der Waals surface area contributed by atoms with Gasteiger partial charge in [-0.1, -0.05) is 19.1 Å². The molecule has 2 heterocycles. The van der Waals surface area contributed by atoms with Crippen molar-refractivity contribution in [2.45, 2.75) is 39.7 Å². The summed E-state index contributed by atoms with van der Waals surface area (Å²) in [4.78, 5) is 43.3. The van der Waals surface area contributed by atoms with Gasteiger partial charge in [-0.25, -0.2) is 9.78 Å². The van der Waals surface area contributed by atoms with E-state index in [2.05, 4.69) is 17.2 Å². The number of nitrogens with one attached hydrogen (secondary N) is 1. The first-order chi connectivity index (χ1) is 14.4. The summed E-state index contributed by atoms with van der Waals surface area (Å²) >= 11 is 1.42. The lowest BCUT2D eigenvalue weighted by atomic mass is 9.88. The Morgan fingerprint density at radius 2 is 2.17 bits per heavy atom. The number of hydrogen-bond acceptors (Lipinski definition) is 6. The predicted molar refractivity (Wildman–Crippen MR) is 116 cm³/mol. The molecule has 0 spiro atoms. The normalized spacial score (nSPS) is 15.6. The summed E-state index contributed by atoms with van der Waals surface area (Å²) in [5, 5.41) is 3.79. The number of thiophene rings is 1. The Labute approximate surface area is 177 Å². The van der Waals surface area contributed by atoms with Gasteiger partial charge in [0.05, 0.1) is 29.9 Å². The molecule has 0 fully saturated rings. The highest BCUT2D eigenvalue weighted by Gasteiger charge is 2.29. The molecule has 1 aromatic carbocycles. The summed E-state index contributed by atoms with van der Waals surface area (Å²) in [6.07, 6.45) is 4.06. The second-order valence-electron chi connectivity index (χ2n) is 7.74. The zero-order valence-electron chi connectivity index (χ0n) is 17.2. The average molecular weight is 426 g/mol. The average Bonchev–Trinajstić information content (AvgIpc) is 3.06. The molecule has 0 bridgehead atoms. The smallest absolute Gasteiger partial charge is 0.341 e. The monoisotopic (exact) mass is 425 g/mol. The molecule has 2 aromatic heterocycles. The van der Waals surface area contributed by atoms with Crippen LogP contribution in [-0.2, 0) is 28.9 Å². The maximum absolute atomic E-state index is 12.8. The molecule has 1 N–H and O–H groups in total. The SMILES string of the molecule is COC(=O)c1c(NC(=O)Cn2cnc3c(C)cccc3c2=O)sc2c1CC[C@H](C)C2. The number of esters is 1. The zero-order valence-corrected chi connectivity index (χ0v) is 18.0. The van der Waals surface area contributed by atoms with Crippen molar-refractivity contribution in [3.8, 4) is 0 Å². The Balaban J connectivity index is 1.62. The van der Waals surface area contributed by atoms with Crippen LogP contribution < -0.4 is 10.9 Å². The predicted octanol–water partition coefficient (Wildman–Crippen LogP) is 3.32. The molecule has 0 saturated carbocycles. The number of fused-ring (bicyclic) bond motifs is 2. The first-order valence-corrected chi connectivity index (χ1v) is 10.7. The lowest BCUT2D eigenvalue weighted by molar-refractivity contribution is -0.116. The lowest BCUT2D eigenvalue weighted by Crippen LogP contribution is -2.28. The van der Waals surface area contributed by atoms with Crippen molar-refractivity contribution in [3.63, 3.8) is 0 Å². The van der Waals surface area contributed by atoms with Crippen LogP contribution in [0.5, 0.6) is 0 Å². The number of aromatic nitrogens is 2. The van der Waals surface area contributed by atoms with E-state index in [0.29, 0.717) is 27.4 Å². The molecule has 4 rings (SSSR count). The standard InChI is InChI=1S/C22H23N3O4S/c1-12-7-8-14-16(9-12)30-20(18(14)22(28)29-3)24-17(26)10-25-11-23-19-13(2)5-4-6-15(19)21(25)27/h4-6,11-12H,7-10H2,1-3H3,(H,24,26)/t12-/m0/s1. The molecule has 0 radical (unpaired) electrons. The van der Waals surface area contributed by atoms with Crippen LogP contribution in [0.3, 0.4) is 0 Å². The molecule has 0 unspecified atom stereocenters. The van der Waals surface area contributed by atoms with Crippen molar-refractivity contribution in [1.82, 2.24) is 9.55 Å². The van der Waals surface area contributed by atoms with E-state index in [0.717, 1.165) is 35.3 Å². The molecule has 1 atom stereocenters. The molecule has 0 aliphatic heterocycles. The summed E-state index contributed by atoms with van der Waals surface area (Å²) in [5.74, 6) is -0.295. The molecule has 1 aliphatic rings. The number of ether oxygens (including phenoxy) is 1. The minimum atomic E-state index is -0.447. The second-order valence-corrected chi connectivity index (χ2v) is 8.85. The van der Waals surface area contributed by atoms with E-state index in [1.807, 2.05) is 13.0 Å². The number of aryl methyl sites for hydroxylation is 1. The van der Waals surface area contributed by atoms with Gasteiger partial charge in [-0.15, -0.1) is 11.3 Å². The van der Waals surface area contributed by atoms with Crippen LogP contribution >= 0.6 is 11.3 Å². The van der Waals surface area contributed by atoms with Crippen LogP contribution in [0.2, 0.25) is 0 Å². The summed E-state index contributed by atoms with van der Waals surface area (Å²) in [6, 6.07) is 5.39. The lowest BCUT2D eigenvalue weighted by Gasteiger charge is -2.18. The van der Waals surface area contributed by atoms with E-state index in [4.69, 9.17) is 4.74 Å². The molecular formula is C22H23N3O4S. The zero-order chi connectivity index (χ0) is 21.4. The summed E-state index contributed by atoms with van der Waals surface area (Å²) in [6.45, 7) is 3.88. The maximum atomic E-state index is 12.8. The fourth-order valence-corrected chi connectivity index (χ4v) is 5.34. The van der Waals surface area contributed by atoms with Gasteiger partial charge in [-0.05, 0) is 49.3 Å². The highest BCUT2D eigenvalue weighted by molar-refractivity contribution is 7.17. The van der Waals surface area contributed by atoms with Crippen molar-refractivity contribution in [1.29, 1.82) is 0 Å². The van der Waals surface area contributed by atoms with Crippen molar-refractivity contribution in [2.75, 3.05) is 12.4 Å². The second kappa shape index (κ2) is 8.02. The fourth-order valence-electron chi connectivity index (χ4n) is 3.93. The number of rotatable bonds is 4. The minimum Gasteiger partial charge on any atom is -0.465 e. The summed E-state index contributed by atoms with van der Waals surface area (Å²) in [7, 11) is 1.34. The van der Waals surface area contributed by atoms with Crippen LogP contribution in [0.1, 0.15) is 39.7 Å². The van der Waals surface area contributed by atoms with Gasteiger partial charge in [0.15, 0.2) is 0 Å². The third-order valence-corrected chi connectivity index (χ3v) is 6.69. The molecule has 0 saturated heterocycles. The number of anilines is 1. The third-order valence-electron chi connectivity index (χ3n) is 5.52. The summed E-state index contributed by atoms with van der Waals surface area (Å²) < 4.78 is 6.24.